The van der Waals surface area contributed by atoms with Crippen LogP contribution in [0.2, 0.25) is 0 Å². The number of benzene rings is 1. The van der Waals surface area contributed by atoms with E-state index in [0.717, 1.165) is 5.56 Å². The van der Waals surface area contributed by atoms with Crippen LogP contribution >= 0.6 is 0 Å². The summed E-state index contributed by atoms with van der Waals surface area (Å²) in [6.07, 6.45) is -4.96. The molecule has 2 N–H and O–H groups in total. The molecule has 0 aliphatic carbocycles. The summed E-state index contributed by atoms with van der Waals surface area (Å²) >= 11 is 0. The molecular weight excluding hydrogens is 275 g/mol. The summed E-state index contributed by atoms with van der Waals surface area (Å²) in [5, 5.41) is 10.6. The Hall–Kier alpha value is -2.05. The van der Waals surface area contributed by atoms with E-state index in [-0.39, 0.29) is 6.42 Å². The Labute approximate surface area is 113 Å². The molecule has 1 amide bonds. The molecule has 0 spiro atoms. The molecule has 1 unspecified atom stereocenters. The van der Waals surface area contributed by atoms with Crippen LogP contribution in [-0.4, -0.2) is 29.7 Å². The fourth-order valence-electron chi connectivity index (χ4n) is 1.57. The maximum atomic E-state index is 12.0. The summed E-state index contributed by atoms with van der Waals surface area (Å²) in [6.45, 7) is 1.30. The third kappa shape index (κ3) is 4.91. The smallest absolute Gasteiger partial charge is 0.471 e. The maximum absolute atomic E-state index is 12.0. The molecule has 1 atom stereocenters. The molecule has 0 aliphatic rings. The van der Waals surface area contributed by atoms with Gasteiger partial charge in [-0.3, -0.25) is 9.59 Å². The standard InChI is InChI=1S/C13H14F3NO3/c1-8-2-4-9(5-3-8)6-10(11(18)19)7-17-12(20)13(14,15)16/h2-5,10H,6-7H2,1H3,(H,17,20)(H,18,19). The van der Waals surface area contributed by atoms with Gasteiger partial charge in [0.2, 0.25) is 0 Å². The van der Waals surface area contributed by atoms with Crippen molar-refractivity contribution in [3.05, 3.63) is 35.4 Å². The number of carbonyl (C=O) groups is 2. The number of aliphatic carboxylic acids is 1. The van der Waals surface area contributed by atoms with Gasteiger partial charge in [-0.15, -0.1) is 0 Å². The molecular formula is C13H14F3NO3. The quantitative estimate of drug-likeness (QED) is 0.870. The average Bonchev–Trinajstić information content (AvgIpc) is 2.34. The highest BCUT2D eigenvalue weighted by Crippen LogP contribution is 2.15. The predicted octanol–water partition coefficient (Wildman–Crippen LogP) is 1.92. The maximum Gasteiger partial charge on any atom is 0.471 e. The lowest BCUT2D eigenvalue weighted by molar-refractivity contribution is -0.174. The van der Waals surface area contributed by atoms with Crippen molar-refractivity contribution in [3.63, 3.8) is 0 Å². The molecule has 0 radical (unpaired) electrons. The van der Waals surface area contributed by atoms with Crippen LogP contribution in [-0.2, 0) is 16.0 Å². The second kappa shape index (κ2) is 6.40. The number of nitrogens with one attached hydrogen (secondary N) is 1. The minimum Gasteiger partial charge on any atom is -0.481 e. The Kier molecular flexibility index (Phi) is 5.12. The topological polar surface area (TPSA) is 66.4 Å². The zero-order chi connectivity index (χ0) is 15.3. The van der Waals surface area contributed by atoms with Crippen molar-refractivity contribution in [1.29, 1.82) is 0 Å². The van der Waals surface area contributed by atoms with E-state index >= 15 is 0 Å². The van der Waals surface area contributed by atoms with Crippen LogP contribution in [0.3, 0.4) is 0 Å². The highest BCUT2D eigenvalue weighted by molar-refractivity contribution is 5.82. The van der Waals surface area contributed by atoms with E-state index < -0.39 is 30.5 Å². The molecule has 110 valence electrons. The summed E-state index contributed by atoms with van der Waals surface area (Å²) in [4.78, 5) is 21.7. The first-order chi connectivity index (χ1) is 9.20. The molecule has 7 heteroatoms. The van der Waals surface area contributed by atoms with Crippen LogP contribution in [0.4, 0.5) is 13.2 Å². The van der Waals surface area contributed by atoms with Gasteiger partial charge in [0.05, 0.1) is 5.92 Å². The number of aryl methyl sites for hydroxylation is 1. The number of carboxylic acid groups (broad SMARTS) is 1. The van der Waals surface area contributed by atoms with Crippen LogP contribution in [0.15, 0.2) is 24.3 Å². The van der Waals surface area contributed by atoms with E-state index in [1.165, 1.54) is 0 Å². The van der Waals surface area contributed by atoms with Gasteiger partial charge >= 0.3 is 18.1 Å². The van der Waals surface area contributed by atoms with Gasteiger partial charge in [-0.2, -0.15) is 13.2 Å². The number of amides is 1. The third-order valence-corrected chi connectivity index (χ3v) is 2.72. The van der Waals surface area contributed by atoms with Gasteiger partial charge in [0.25, 0.3) is 0 Å². The zero-order valence-corrected chi connectivity index (χ0v) is 10.7. The molecule has 0 aliphatic heterocycles. The fourth-order valence-corrected chi connectivity index (χ4v) is 1.57. The first-order valence-electron chi connectivity index (χ1n) is 5.83. The minimum absolute atomic E-state index is 0.0494. The van der Waals surface area contributed by atoms with Crippen LogP contribution in [0.5, 0.6) is 0 Å². The summed E-state index contributed by atoms with van der Waals surface area (Å²) in [7, 11) is 0. The number of carbonyl (C=O) groups excluding carboxylic acids is 1. The summed E-state index contributed by atoms with van der Waals surface area (Å²) in [6, 6.07) is 6.97. The van der Waals surface area contributed by atoms with E-state index in [0.29, 0.717) is 5.56 Å². The van der Waals surface area contributed by atoms with Crippen molar-refractivity contribution in [2.24, 2.45) is 5.92 Å². The Morgan fingerprint density at radius 2 is 1.80 bits per heavy atom. The summed E-state index contributed by atoms with van der Waals surface area (Å²) in [5.74, 6) is -4.50. The normalized spacial score (nSPS) is 12.8. The average molecular weight is 289 g/mol. The highest BCUT2D eigenvalue weighted by Gasteiger charge is 2.39. The molecule has 0 aromatic heterocycles. The third-order valence-electron chi connectivity index (χ3n) is 2.72. The molecule has 1 rings (SSSR count). The van der Waals surface area contributed by atoms with E-state index in [1.807, 2.05) is 6.92 Å². The number of halogens is 3. The van der Waals surface area contributed by atoms with Gasteiger partial charge in [0.1, 0.15) is 0 Å². The Morgan fingerprint density at radius 3 is 2.25 bits per heavy atom. The second-order valence-electron chi connectivity index (χ2n) is 4.43. The number of hydrogen-bond donors (Lipinski definition) is 2. The van der Waals surface area contributed by atoms with Gasteiger partial charge in [0, 0.05) is 6.54 Å². The van der Waals surface area contributed by atoms with E-state index in [9.17, 15) is 22.8 Å². The van der Waals surface area contributed by atoms with Crippen LogP contribution in [0.1, 0.15) is 11.1 Å². The molecule has 0 bridgehead atoms. The Morgan fingerprint density at radius 1 is 1.25 bits per heavy atom. The monoisotopic (exact) mass is 289 g/mol. The molecule has 20 heavy (non-hydrogen) atoms. The van der Waals surface area contributed by atoms with Crippen molar-refractivity contribution < 1.29 is 27.9 Å². The zero-order valence-electron chi connectivity index (χ0n) is 10.7. The van der Waals surface area contributed by atoms with Gasteiger partial charge in [-0.1, -0.05) is 29.8 Å². The Balaban J connectivity index is 2.64. The van der Waals surface area contributed by atoms with E-state index in [1.54, 1.807) is 29.6 Å². The van der Waals surface area contributed by atoms with Gasteiger partial charge in [0.15, 0.2) is 0 Å². The lowest BCUT2D eigenvalue weighted by atomic mass is 9.98. The molecule has 1 aromatic rings. The van der Waals surface area contributed by atoms with Crippen LogP contribution in [0, 0.1) is 12.8 Å². The highest BCUT2D eigenvalue weighted by atomic mass is 19.4. The molecule has 0 saturated heterocycles. The van der Waals surface area contributed by atoms with Crippen molar-refractivity contribution >= 4 is 11.9 Å². The lowest BCUT2D eigenvalue weighted by Crippen LogP contribution is -2.41. The fraction of sp³-hybridized carbons (Fsp3) is 0.385. The molecule has 0 fully saturated rings. The SMILES string of the molecule is Cc1ccc(CC(CNC(=O)C(F)(F)F)C(=O)O)cc1. The Bertz CT molecular complexity index is 483. The molecule has 0 saturated carbocycles. The minimum atomic E-state index is -5.01. The van der Waals surface area contributed by atoms with Crippen molar-refractivity contribution in [2.45, 2.75) is 19.5 Å². The van der Waals surface area contributed by atoms with Gasteiger partial charge in [-0.25, -0.2) is 0 Å². The number of carboxylic acids is 1. The van der Waals surface area contributed by atoms with Crippen LogP contribution in [0.25, 0.3) is 0 Å². The van der Waals surface area contributed by atoms with Gasteiger partial charge in [-0.05, 0) is 18.9 Å². The predicted molar refractivity (Wildman–Crippen MR) is 65.1 cm³/mol. The van der Waals surface area contributed by atoms with Crippen molar-refractivity contribution in [3.8, 4) is 0 Å². The lowest BCUT2D eigenvalue weighted by Gasteiger charge is -2.14. The largest absolute Gasteiger partial charge is 0.481 e. The van der Waals surface area contributed by atoms with E-state index in [4.69, 9.17) is 5.11 Å². The first-order valence-corrected chi connectivity index (χ1v) is 5.83. The summed E-state index contributed by atoms with van der Waals surface area (Å²) in [5.41, 5.74) is 1.68. The first kappa shape index (κ1) is 16.0. The number of alkyl halides is 3. The second-order valence-corrected chi connectivity index (χ2v) is 4.43. The summed E-state index contributed by atoms with van der Waals surface area (Å²) < 4.78 is 36.0. The van der Waals surface area contributed by atoms with Gasteiger partial charge < -0.3 is 10.4 Å². The van der Waals surface area contributed by atoms with Crippen molar-refractivity contribution in [2.75, 3.05) is 6.54 Å². The molecule has 1 aromatic carbocycles. The molecule has 0 heterocycles. The van der Waals surface area contributed by atoms with E-state index in [2.05, 4.69) is 0 Å². The van der Waals surface area contributed by atoms with Crippen molar-refractivity contribution in [1.82, 2.24) is 5.32 Å². The number of rotatable bonds is 5. The molecule has 4 nitrogen and oxygen atoms in total. The van der Waals surface area contributed by atoms with Crippen LogP contribution < -0.4 is 5.32 Å². The number of hydrogen-bond acceptors (Lipinski definition) is 2.